The van der Waals surface area contributed by atoms with Crippen LogP contribution in [0.3, 0.4) is 0 Å². The molecule has 3 N–H and O–H groups in total. The van der Waals surface area contributed by atoms with Crippen molar-refractivity contribution in [2.24, 2.45) is 11.7 Å². The van der Waals surface area contributed by atoms with Crippen LogP contribution in [0.1, 0.15) is 48.3 Å². The van der Waals surface area contributed by atoms with Crippen molar-refractivity contribution in [3.8, 4) is 0 Å². The highest BCUT2D eigenvalue weighted by Gasteiger charge is 2.50. The molecule has 31 heavy (non-hydrogen) atoms. The Morgan fingerprint density at radius 2 is 2.06 bits per heavy atom. The van der Waals surface area contributed by atoms with Crippen molar-refractivity contribution in [2.75, 3.05) is 46.3 Å². The summed E-state index contributed by atoms with van der Waals surface area (Å²) in [6.07, 6.45) is 5.02. The lowest BCUT2D eigenvalue weighted by Crippen LogP contribution is -2.48. The Balaban J connectivity index is 1.38. The number of benzene rings is 1. The van der Waals surface area contributed by atoms with Gasteiger partial charge in [0, 0.05) is 45.7 Å². The van der Waals surface area contributed by atoms with Gasteiger partial charge in [-0.15, -0.1) is 0 Å². The first-order valence-corrected chi connectivity index (χ1v) is 11.5. The standard InChI is InChI=1S/C23H32N6O2/c1-27-10-12-28(13-11-27)19(30)7-9-29-15-16-4-3-8-23(29,14-16)22-25-18-6-2-5-17(21(24)31)20(18)26-22/h2,5-6,16H,3-4,7-15H2,1H3,(H2,24,31)(H,25,26)/t16-,23+/m1/s1. The molecule has 1 aliphatic carbocycles. The Bertz CT molecular complexity index is 995. The molecule has 8 nitrogen and oxygen atoms in total. The van der Waals surface area contributed by atoms with Crippen molar-refractivity contribution in [1.82, 2.24) is 24.7 Å². The van der Waals surface area contributed by atoms with Gasteiger partial charge in [-0.1, -0.05) is 12.5 Å². The van der Waals surface area contributed by atoms with Crippen molar-refractivity contribution < 1.29 is 9.59 Å². The molecule has 2 aromatic rings. The minimum Gasteiger partial charge on any atom is -0.366 e. The number of para-hydroxylation sites is 1. The lowest BCUT2D eigenvalue weighted by Gasteiger charge is -2.38. The zero-order valence-corrected chi connectivity index (χ0v) is 18.3. The minimum absolute atomic E-state index is 0.181. The number of H-pyrrole nitrogens is 1. The molecule has 3 fully saturated rings. The SMILES string of the molecule is CN1CCN(C(=O)CCN2C[C@@H]3CCC[C@@]2(c2nc4c(C(N)=O)cccc4[nH]2)C3)CC1. The van der Waals surface area contributed by atoms with Crippen molar-refractivity contribution in [2.45, 2.75) is 37.6 Å². The van der Waals surface area contributed by atoms with Crippen LogP contribution >= 0.6 is 0 Å². The molecule has 3 aliphatic rings. The maximum atomic E-state index is 12.9. The van der Waals surface area contributed by atoms with Gasteiger partial charge in [0.1, 0.15) is 11.3 Å². The lowest BCUT2D eigenvalue weighted by atomic mass is 9.79. The minimum atomic E-state index is -0.455. The Hall–Kier alpha value is -2.45. The summed E-state index contributed by atoms with van der Waals surface area (Å²) < 4.78 is 0. The van der Waals surface area contributed by atoms with Gasteiger partial charge in [-0.05, 0) is 44.4 Å². The Kier molecular flexibility index (Phi) is 5.22. The molecular weight excluding hydrogens is 392 g/mol. The molecule has 0 spiro atoms. The van der Waals surface area contributed by atoms with Gasteiger partial charge in [-0.2, -0.15) is 0 Å². The highest BCUT2D eigenvalue weighted by Crippen LogP contribution is 2.50. The summed E-state index contributed by atoms with van der Waals surface area (Å²) in [5, 5.41) is 0. The van der Waals surface area contributed by atoms with Gasteiger partial charge in [0.15, 0.2) is 0 Å². The normalized spacial score (nSPS) is 27.1. The van der Waals surface area contributed by atoms with Crippen molar-refractivity contribution >= 4 is 22.8 Å². The second-order valence-electron chi connectivity index (χ2n) is 9.53. The molecule has 0 unspecified atom stereocenters. The number of nitrogens with one attached hydrogen (secondary N) is 1. The fourth-order valence-corrected chi connectivity index (χ4v) is 5.86. The monoisotopic (exact) mass is 424 g/mol. The third-order valence-corrected chi connectivity index (χ3v) is 7.58. The van der Waals surface area contributed by atoms with E-state index in [-0.39, 0.29) is 11.4 Å². The van der Waals surface area contributed by atoms with Gasteiger partial charge in [-0.3, -0.25) is 14.5 Å². The van der Waals surface area contributed by atoms with Gasteiger partial charge in [0.05, 0.1) is 16.6 Å². The number of piperazine rings is 1. The molecule has 5 rings (SSSR count). The van der Waals surface area contributed by atoms with Crippen LogP contribution in [0.2, 0.25) is 0 Å². The van der Waals surface area contributed by atoms with Gasteiger partial charge < -0.3 is 20.5 Å². The molecule has 1 saturated carbocycles. The van der Waals surface area contributed by atoms with Crippen LogP contribution in [0.5, 0.6) is 0 Å². The highest BCUT2D eigenvalue weighted by molar-refractivity contribution is 6.04. The molecule has 166 valence electrons. The van der Waals surface area contributed by atoms with E-state index in [1.165, 1.54) is 6.42 Å². The quantitative estimate of drug-likeness (QED) is 0.758. The van der Waals surface area contributed by atoms with E-state index >= 15 is 0 Å². The molecule has 2 atom stereocenters. The van der Waals surface area contributed by atoms with Crippen molar-refractivity contribution in [1.29, 1.82) is 0 Å². The Morgan fingerprint density at radius 3 is 2.84 bits per heavy atom. The van der Waals surface area contributed by atoms with E-state index < -0.39 is 5.91 Å². The number of carbonyl (C=O) groups is 2. The van der Waals surface area contributed by atoms with Crippen LogP contribution in [0.15, 0.2) is 18.2 Å². The summed E-state index contributed by atoms with van der Waals surface area (Å²) in [5.74, 6) is 1.36. The molecule has 2 bridgehead atoms. The van der Waals surface area contributed by atoms with E-state index in [0.29, 0.717) is 23.4 Å². The van der Waals surface area contributed by atoms with Gasteiger partial charge >= 0.3 is 0 Å². The molecular formula is C23H32N6O2. The summed E-state index contributed by atoms with van der Waals surface area (Å²) in [6.45, 7) is 5.30. The molecule has 2 aliphatic heterocycles. The number of nitrogens with zero attached hydrogens (tertiary/aromatic N) is 4. The number of likely N-dealkylation sites (N-methyl/N-ethyl adjacent to an activating group) is 1. The number of aromatic nitrogens is 2. The summed E-state index contributed by atoms with van der Waals surface area (Å²) in [6, 6.07) is 5.52. The lowest BCUT2D eigenvalue weighted by molar-refractivity contribution is -0.133. The number of hydrogen-bond acceptors (Lipinski definition) is 5. The molecule has 2 amide bonds. The molecule has 2 saturated heterocycles. The number of aromatic amines is 1. The number of nitrogens with two attached hydrogens (primary N) is 1. The number of likely N-dealkylation sites (tertiary alicyclic amines) is 1. The predicted octanol–water partition coefficient (Wildman–Crippen LogP) is 1.53. The van der Waals surface area contributed by atoms with Crippen LogP contribution in [-0.2, 0) is 10.3 Å². The van der Waals surface area contributed by atoms with E-state index in [1.54, 1.807) is 6.07 Å². The van der Waals surface area contributed by atoms with Crippen LogP contribution < -0.4 is 5.73 Å². The molecule has 0 radical (unpaired) electrons. The second kappa shape index (κ2) is 7.91. The smallest absolute Gasteiger partial charge is 0.250 e. The van der Waals surface area contributed by atoms with Crippen molar-refractivity contribution in [3.05, 3.63) is 29.6 Å². The number of amides is 2. The zero-order chi connectivity index (χ0) is 21.6. The second-order valence-corrected chi connectivity index (χ2v) is 9.53. The topological polar surface area (TPSA) is 98.6 Å². The summed E-state index contributed by atoms with van der Waals surface area (Å²) in [7, 11) is 2.10. The summed E-state index contributed by atoms with van der Waals surface area (Å²) in [4.78, 5) is 39.9. The maximum Gasteiger partial charge on any atom is 0.250 e. The number of primary amides is 1. The summed E-state index contributed by atoms with van der Waals surface area (Å²) >= 11 is 0. The summed E-state index contributed by atoms with van der Waals surface area (Å²) in [5.41, 5.74) is 7.36. The fourth-order valence-electron chi connectivity index (χ4n) is 5.86. The van der Waals surface area contributed by atoms with E-state index in [9.17, 15) is 9.59 Å². The number of fused-ring (bicyclic) bond motifs is 3. The zero-order valence-electron chi connectivity index (χ0n) is 18.3. The van der Waals surface area contributed by atoms with E-state index in [4.69, 9.17) is 10.7 Å². The predicted molar refractivity (Wildman–Crippen MR) is 119 cm³/mol. The molecule has 1 aromatic heterocycles. The Morgan fingerprint density at radius 1 is 1.26 bits per heavy atom. The Labute approximate surface area is 182 Å². The number of rotatable bonds is 5. The van der Waals surface area contributed by atoms with Gasteiger partial charge in [-0.25, -0.2) is 4.98 Å². The molecule has 1 aromatic carbocycles. The van der Waals surface area contributed by atoms with Crippen LogP contribution in [-0.4, -0.2) is 82.8 Å². The first kappa shape index (κ1) is 20.5. The highest BCUT2D eigenvalue weighted by atomic mass is 16.2. The van der Waals surface area contributed by atoms with Crippen LogP contribution in [0, 0.1) is 5.92 Å². The van der Waals surface area contributed by atoms with E-state index in [2.05, 4.69) is 21.8 Å². The molecule has 8 heteroatoms. The largest absolute Gasteiger partial charge is 0.366 e. The van der Waals surface area contributed by atoms with Crippen LogP contribution in [0.4, 0.5) is 0 Å². The number of carbonyl (C=O) groups excluding carboxylic acids is 2. The van der Waals surface area contributed by atoms with Gasteiger partial charge in [0.2, 0.25) is 5.91 Å². The van der Waals surface area contributed by atoms with Crippen LogP contribution in [0.25, 0.3) is 11.0 Å². The average molecular weight is 425 g/mol. The van der Waals surface area contributed by atoms with E-state index in [1.807, 2.05) is 17.0 Å². The maximum absolute atomic E-state index is 12.9. The number of hydrogen-bond donors (Lipinski definition) is 2. The third-order valence-electron chi connectivity index (χ3n) is 7.58. The first-order valence-electron chi connectivity index (χ1n) is 11.5. The third kappa shape index (κ3) is 3.61. The fraction of sp³-hybridized carbons (Fsp3) is 0.609. The van der Waals surface area contributed by atoms with Gasteiger partial charge in [0.25, 0.3) is 5.91 Å². The molecule has 3 heterocycles. The first-order chi connectivity index (χ1) is 15.0. The average Bonchev–Trinajstić information content (AvgIpc) is 3.31. The van der Waals surface area contributed by atoms with Crippen molar-refractivity contribution in [3.63, 3.8) is 0 Å². The number of imidazole rings is 1. The van der Waals surface area contributed by atoms with E-state index in [0.717, 1.165) is 69.9 Å².